The van der Waals surface area contributed by atoms with E-state index >= 15 is 0 Å². The second kappa shape index (κ2) is 21.5. The number of aromatic nitrogens is 3. The molecular formula is C64H52IrN3. The fraction of sp³-hybridized carbons (Fsp3) is 0.109. The summed E-state index contributed by atoms with van der Waals surface area (Å²) in [7, 11) is 0. The molecule has 10 aromatic rings. The number of rotatable bonds is 12. The first-order chi connectivity index (χ1) is 34.6. The summed E-state index contributed by atoms with van der Waals surface area (Å²) in [6.07, 6.45) is 0.0509. The van der Waals surface area contributed by atoms with E-state index in [1.54, 1.807) is 39.4 Å². The zero-order chi connectivity index (χ0) is 50.2. The van der Waals surface area contributed by atoms with Gasteiger partial charge in [-0.3, -0.25) is 0 Å². The second-order valence-corrected chi connectivity index (χ2v) is 15.9. The number of benzene rings is 7. The van der Waals surface area contributed by atoms with Gasteiger partial charge in [0.1, 0.15) is 0 Å². The molecule has 68 heavy (non-hydrogen) atoms. The van der Waals surface area contributed by atoms with Crippen LogP contribution in [-0.2, 0) is 39.2 Å². The van der Waals surface area contributed by atoms with Crippen molar-refractivity contribution in [3.63, 3.8) is 0 Å². The maximum Gasteiger partial charge on any atom is 3.00 e. The third-order valence-electron chi connectivity index (χ3n) is 12.0. The molecule has 0 saturated carbocycles. The van der Waals surface area contributed by atoms with Crippen molar-refractivity contribution >= 4 is 0 Å². The fourth-order valence-corrected chi connectivity index (χ4v) is 8.73. The SMILES string of the molecule is C.[2H]C([2H])(C)c1cc(-c2[c-]cccc2)ncc1-c1ccccc1-c1cc(-c2ccccc2-c2cnc(-c3[c-]cccc3)cc2C([2H])([2H])C)cc(-c2ccccc2-c2cnc(-c3[c-]cccc3)cc2C([2H])([2H])C)c1.[Ir+3]. The van der Waals surface area contributed by atoms with Gasteiger partial charge in [0.05, 0.1) is 0 Å². The second-order valence-electron chi connectivity index (χ2n) is 15.9. The van der Waals surface area contributed by atoms with Crippen molar-refractivity contribution in [2.24, 2.45) is 0 Å². The summed E-state index contributed by atoms with van der Waals surface area (Å²) in [6, 6.07) is 68.2. The molecule has 0 amide bonds. The molecule has 3 aromatic heterocycles. The number of pyridine rings is 3. The smallest absolute Gasteiger partial charge is 0.304 e. The van der Waals surface area contributed by atoms with Gasteiger partial charge in [-0.15, -0.1) is 108 Å². The Morgan fingerprint density at radius 2 is 0.618 bits per heavy atom. The number of hydrogen-bond acceptors (Lipinski definition) is 3. The van der Waals surface area contributed by atoms with Crippen molar-refractivity contribution < 1.29 is 28.3 Å². The van der Waals surface area contributed by atoms with E-state index < -0.39 is 19.1 Å². The van der Waals surface area contributed by atoms with Crippen molar-refractivity contribution in [3.8, 4) is 101 Å². The molecule has 0 radical (unpaired) electrons. The van der Waals surface area contributed by atoms with Gasteiger partial charge in [-0.25, -0.2) is 0 Å². The normalized spacial score (nSPS) is 12.8. The number of aryl methyl sites for hydroxylation is 3. The molecule has 0 N–H and O–H groups in total. The van der Waals surface area contributed by atoms with Crippen LogP contribution in [0.1, 0.15) is 53.1 Å². The molecule has 0 aliphatic carbocycles. The Bertz CT molecular complexity index is 3200. The minimum atomic E-state index is -1.74. The summed E-state index contributed by atoms with van der Waals surface area (Å²) < 4.78 is 54.7. The molecular weight excluding hydrogens is 1000 g/mol. The standard InChI is InChI=1S/C63H48N3.CH4.Ir/c1-4-43-37-61(46-22-10-7-11-23-46)64-40-58(43)55-31-19-16-28-52(55)49-34-50(53-29-17-20-32-56(53)59-41-65-62(38-44(59)5-2)47-24-12-8-13-25-47)36-51(35-49)54-30-18-21-33-57(54)60-42-66-63(39-45(60)6-3)48-26-14-9-15-27-48;;/h7-22,24,26,28-42H,4-6H2,1-3H3;1H4;/q-3;;+3/i4D2,5D2,6D2;;. The van der Waals surface area contributed by atoms with Crippen LogP contribution in [-0.4, -0.2) is 15.0 Å². The summed E-state index contributed by atoms with van der Waals surface area (Å²) in [5, 5.41) is 0. The first-order valence-electron chi connectivity index (χ1n) is 25.0. The zero-order valence-electron chi connectivity index (χ0n) is 43.2. The Morgan fingerprint density at radius 1 is 0.353 bits per heavy atom. The molecule has 0 unspecified atom stereocenters. The van der Waals surface area contributed by atoms with Gasteiger partial charge in [0, 0.05) is 43.5 Å². The van der Waals surface area contributed by atoms with Gasteiger partial charge in [-0.1, -0.05) is 119 Å². The predicted molar refractivity (Wildman–Crippen MR) is 280 cm³/mol. The van der Waals surface area contributed by atoms with E-state index in [2.05, 4.69) is 36.4 Å². The largest absolute Gasteiger partial charge is 3.00 e. The van der Waals surface area contributed by atoms with Crippen LogP contribution in [0.3, 0.4) is 0 Å². The molecule has 0 saturated heterocycles. The van der Waals surface area contributed by atoms with Gasteiger partial charge >= 0.3 is 20.1 Å². The van der Waals surface area contributed by atoms with Crippen molar-refractivity contribution in [2.45, 2.75) is 47.3 Å². The van der Waals surface area contributed by atoms with Gasteiger partial charge in [-0.2, -0.15) is 0 Å². The van der Waals surface area contributed by atoms with Gasteiger partial charge in [-0.05, 0) is 121 Å². The van der Waals surface area contributed by atoms with Crippen LogP contribution >= 0.6 is 0 Å². The molecule has 0 aliphatic heterocycles. The maximum absolute atomic E-state index is 9.11. The van der Waals surface area contributed by atoms with Crippen molar-refractivity contribution in [3.05, 3.63) is 235 Å². The van der Waals surface area contributed by atoms with Crippen LogP contribution < -0.4 is 0 Å². The topological polar surface area (TPSA) is 38.7 Å². The van der Waals surface area contributed by atoms with Gasteiger partial charge < -0.3 is 15.0 Å². The average molecular weight is 1060 g/mol. The maximum atomic E-state index is 9.11. The van der Waals surface area contributed by atoms with Crippen LogP contribution in [0.4, 0.5) is 0 Å². The summed E-state index contributed by atoms with van der Waals surface area (Å²) in [4.78, 5) is 14.7. The Balaban J connectivity index is 0.00000364. The quantitative estimate of drug-likeness (QED) is 0.114. The van der Waals surface area contributed by atoms with E-state index in [1.807, 2.05) is 164 Å². The van der Waals surface area contributed by atoms with E-state index in [0.717, 1.165) is 66.8 Å². The molecule has 0 atom stereocenters. The Labute approximate surface area is 424 Å². The molecule has 0 spiro atoms. The van der Waals surface area contributed by atoms with Gasteiger partial charge in [0.25, 0.3) is 0 Å². The Kier molecular flexibility index (Phi) is 12.6. The molecule has 0 fully saturated rings. The van der Waals surface area contributed by atoms with Crippen LogP contribution in [0.2, 0.25) is 0 Å². The van der Waals surface area contributed by atoms with E-state index in [-0.39, 0.29) is 27.5 Å². The van der Waals surface area contributed by atoms with Crippen LogP contribution in [0.5, 0.6) is 0 Å². The predicted octanol–water partition coefficient (Wildman–Crippen LogP) is 16.6. The molecule has 3 nitrogen and oxygen atoms in total. The summed E-state index contributed by atoms with van der Waals surface area (Å²) >= 11 is 0. The summed E-state index contributed by atoms with van der Waals surface area (Å²) in [5.74, 6) is 0. The van der Waals surface area contributed by atoms with Gasteiger partial charge in [0.15, 0.2) is 0 Å². The minimum Gasteiger partial charge on any atom is -0.304 e. The Hall–Kier alpha value is -7.36. The van der Waals surface area contributed by atoms with E-state index in [9.17, 15) is 0 Å². The monoisotopic (exact) mass is 1060 g/mol. The van der Waals surface area contributed by atoms with Crippen LogP contribution in [0.15, 0.2) is 201 Å². The van der Waals surface area contributed by atoms with E-state index in [0.29, 0.717) is 50.5 Å². The van der Waals surface area contributed by atoms with Crippen molar-refractivity contribution in [1.82, 2.24) is 15.0 Å². The molecule has 3 heterocycles. The zero-order valence-corrected chi connectivity index (χ0v) is 39.6. The Morgan fingerprint density at radius 3 is 0.868 bits per heavy atom. The average Bonchev–Trinajstić information content (AvgIpc) is 3.40. The summed E-state index contributed by atoms with van der Waals surface area (Å²) in [5.41, 5.74) is 15.0. The molecule has 4 heteroatoms. The van der Waals surface area contributed by atoms with E-state index in [4.69, 9.17) is 23.2 Å². The first kappa shape index (κ1) is 39.8. The molecule has 0 bridgehead atoms. The molecule has 332 valence electrons. The third-order valence-corrected chi connectivity index (χ3v) is 12.0. The minimum absolute atomic E-state index is 0. The van der Waals surface area contributed by atoms with Crippen LogP contribution in [0, 0.1) is 18.2 Å². The number of hydrogen-bond donors (Lipinski definition) is 0. The van der Waals surface area contributed by atoms with Gasteiger partial charge in [0.2, 0.25) is 0 Å². The molecule has 0 aliphatic rings. The molecule has 10 rings (SSSR count). The van der Waals surface area contributed by atoms with Crippen molar-refractivity contribution in [2.75, 3.05) is 0 Å². The van der Waals surface area contributed by atoms with E-state index in [1.165, 1.54) is 0 Å². The number of nitrogens with zero attached hydrogens (tertiary/aromatic N) is 3. The van der Waals surface area contributed by atoms with Crippen LogP contribution in [0.25, 0.3) is 101 Å². The fourth-order valence-electron chi connectivity index (χ4n) is 8.73. The van der Waals surface area contributed by atoms with Crippen molar-refractivity contribution in [1.29, 1.82) is 0 Å². The molecule has 7 aromatic carbocycles. The summed E-state index contributed by atoms with van der Waals surface area (Å²) in [6.45, 7) is 4.70. The third kappa shape index (κ3) is 9.58. The first-order valence-corrected chi connectivity index (χ1v) is 22.0.